The van der Waals surface area contributed by atoms with Gasteiger partial charge in [-0.2, -0.15) is 13.2 Å². The van der Waals surface area contributed by atoms with Crippen molar-refractivity contribution in [3.05, 3.63) is 80.2 Å². The maximum atomic E-state index is 12.8. The monoisotopic (exact) mass is 408 g/mol. The lowest BCUT2D eigenvalue weighted by atomic mass is 10.1. The highest BCUT2D eigenvalue weighted by Crippen LogP contribution is 2.35. The highest BCUT2D eigenvalue weighted by molar-refractivity contribution is 8.18. The summed E-state index contributed by atoms with van der Waals surface area (Å²) in [5.41, 5.74) is -0.520. The van der Waals surface area contributed by atoms with Gasteiger partial charge in [0, 0.05) is 12.1 Å². The average molecular weight is 408 g/mol. The van der Waals surface area contributed by atoms with E-state index < -0.39 is 27.8 Å². The lowest BCUT2D eigenvalue weighted by Gasteiger charge is -2.12. The molecule has 0 aromatic heterocycles. The molecule has 2 amide bonds. The molecule has 0 unspecified atom stereocenters. The van der Waals surface area contributed by atoms with Crippen LogP contribution in [0.25, 0.3) is 6.08 Å². The number of nitro benzene ring substituents is 1. The minimum atomic E-state index is -4.52. The fraction of sp³-hybridized carbons (Fsp3) is 0.111. The Morgan fingerprint density at radius 3 is 2.50 bits per heavy atom. The molecule has 2 aromatic carbocycles. The second-order valence-electron chi connectivity index (χ2n) is 5.82. The van der Waals surface area contributed by atoms with Crippen molar-refractivity contribution < 1.29 is 27.7 Å². The minimum Gasteiger partial charge on any atom is -0.268 e. The third-order valence-corrected chi connectivity index (χ3v) is 4.75. The van der Waals surface area contributed by atoms with Gasteiger partial charge in [-0.15, -0.1) is 0 Å². The van der Waals surface area contributed by atoms with Gasteiger partial charge in [-0.25, -0.2) is 0 Å². The van der Waals surface area contributed by atoms with Gasteiger partial charge in [-0.1, -0.05) is 24.3 Å². The zero-order chi connectivity index (χ0) is 20.5. The van der Waals surface area contributed by atoms with Crippen LogP contribution >= 0.6 is 11.8 Å². The van der Waals surface area contributed by atoms with Gasteiger partial charge in [0.15, 0.2) is 0 Å². The number of nitrogens with zero attached hydrogens (tertiary/aromatic N) is 2. The highest BCUT2D eigenvalue weighted by atomic mass is 32.2. The Kier molecular flexibility index (Phi) is 5.23. The average Bonchev–Trinajstić information content (AvgIpc) is 2.89. The Balaban J connectivity index is 1.83. The van der Waals surface area contributed by atoms with Crippen molar-refractivity contribution >= 4 is 34.7 Å². The Labute approximate surface area is 160 Å². The van der Waals surface area contributed by atoms with Crippen LogP contribution in [0.4, 0.5) is 23.7 Å². The largest absolute Gasteiger partial charge is 0.416 e. The normalized spacial score (nSPS) is 16.1. The molecule has 0 N–H and O–H groups in total. The minimum absolute atomic E-state index is 0.0187. The first-order valence-electron chi connectivity index (χ1n) is 7.81. The molecule has 1 fully saturated rings. The van der Waals surface area contributed by atoms with Crippen LogP contribution < -0.4 is 0 Å². The fourth-order valence-electron chi connectivity index (χ4n) is 2.54. The summed E-state index contributed by atoms with van der Waals surface area (Å²) in [6.45, 7) is -0.174. The van der Waals surface area contributed by atoms with Gasteiger partial charge in [-0.05, 0) is 41.1 Å². The first-order valence-corrected chi connectivity index (χ1v) is 8.63. The third-order valence-electron chi connectivity index (χ3n) is 3.85. The molecule has 28 heavy (non-hydrogen) atoms. The molecule has 0 saturated carbocycles. The molecule has 0 aliphatic carbocycles. The van der Waals surface area contributed by atoms with E-state index in [9.17, 15) is 32.9 Å². The van der Waals surface area contributed by atoms with Gasteiger partial charge in [0.05, 0.1) is 21.9 Å². The first kappa shape index (κ1) is 19.6. The number of hydrogen-bond acceptors (Lipinski definition) is 5. The molecule has 10 heteroatoms. The topological polar surface area (TPSA) is 80.5 Å². The molecule has 6 nitrogen and oxygen atoms in total. The van der Waals surface area contributed by atoms with E-state index in [1.165, 1.54) is 42.5 Å². The van der Waals surface area contributed by atoms with Crippen LogP contribution in [0.3, 0.4) is 0 Å². The number of rotatable bonds is 4. The Morgan fingerprint density at radius 2 is 1.82 bits per heavy atom. The van der Waals surface area contributed by atoms with E-state index in [4.69, 9.17) is 0 Å². The van der Waals surface area contributed by atoms with E-state index in [2.05, 4.69) is 0 Å². The number of carbonyl (C=O) groups excluding carboxylic acids is 2. The zero-order valence-electron chi connectivity index (χ0n) is 14.0. The first-order chi connectivity index (χ1) is 13.1. The van der Waals surface area contributed by atoms with Crippen molar-refractivity contribution in [2.24, 2.45) is 0 Å². The van der Waals surface area contributed by atoms with Crippen molar-refractivity contribution in [1.29, 1.82) is 0 Å². The van der Waals surface area contributed by atoms with Crippen LogP contribution in [-0.4, -0.2) is 21.0 Å². The summed E-state index contributed by atoms with van der Waals surface area (Å²) in [5.74, 6) is -0.668. The third kappa shape index (κ3) is 4.22. The number of imide groups is 1. The summed E-state index contributed by atoms with van der Waals surface area (Å²) in [7, 11) is 0. The molecule has 3 rings (SSSR count). The molecule has 1 heterocycles. The Hall–Kier alpha value is -3.14. The predicted molar refractivity (Wildman–Crippen MR) is 96.1 cm³/mol. The summed E-state index contributed by atoms with van der Waals surface area (Å²) in [6, 6.07) is 9.90. The quantitative estimate of drug-likeness (QED) is 0.410. The Morgan fingerprint density at radius 1 is 1.11 bits per heavy atom. The smallest absolute Gasteiger partial charge is 0.268 e. The molecule has 1 aliphatic heterocycles. The summed E-state index contributed by atoms with van der Waals surface area (Å²) in [4.78, 5) is 35.8. The van der Waals surface area contributed by atoms with Crippen molar-refractivity contribution in [2.75, 3.05) is 0 Å². The predicted octanol–water partition coefficient (Wildman–Crippen LogP) is 4.85. The van der Waals surface area contributed by atoms with E-state index in [0.717, 1.165) is 17.0 Å². The molecule has 2 aromatic rings. The fourth-order valence-corrected chi connectivity index (χ4v) is 3.38. The van der Waals surface area contributed by atoms with Crippen LogP contribution in [-0.2, 0) is 17.5 Å². The molecular weight excluding hydrogens is 397 g/mol. The van der Waals surface area contributed by atoms with E-state index in [1.54, 1.807) is 0 Å². The zero-order valence-corrected chi connectivity index (χ0v) is 14.8. The van der Waals surface area contributed by atoms with E-state index in [1.807, 2.05) is 0 Å². The molecule has 0 radical (unpaired) electrons. The van der Waals surface area contributed by atoms with Gasteiger partial charge >= 0.3 is 6.18 Å². The number of hydrogen-bond donors (Lipinski definition) is 0. The number of halogens is 3. The molecule has 1 aliphatic rings. The number of amides is 2. The van der Waals surface area contributed by atoms with Gasteiger partial charge in [-0.3, -0.25) is 24.6 Å². The number of carbonyl (C=O) groups is 2. The maximum absolute atomic E-state index is 12.8. The van der Waals surface area contributed by atoms with Crippen molar-refractivity contribution in [1.82, 2.24) is 4.90 Å². The standard InChI is InChI=1S/C18H11F3N2O4S/c19-18(20,21)13-5-1-3-11(7-13)9-15-16(24)22(17(25)28-15)10-12-4-2-6-14(8-12)23(26)27/h1-9H,10H2. The van der Waals surface area contributed by atoms with Crippen LogP contribution in [0.1, 0.15) is 16.7 Å². The van der Waals surface area contributed by atoms with Crippen LogP contribution in [0, 0.1) is 10.1 Å². The molecular formula is C18H11F3N2O4S. The lowest BCUT2D eigenvalue weighted by Crippen LogP contribution is -2.27. The SMILES string of the molecule is O=C1SC(=Cc2cccc(C(F)(F)F)c2)C(=O)N1Cc1cccc([N+](=O)[O-])c1. The second kappa shape index (κ2) is 7.47. The highest BCUT2D eigenvalue weighted by Gasteiger charge is 2.35. The second-order valence-corrected chi connectivity index (χ2v) is 6.81. The summed E-state index contributed by atoms with van der Waals surface area (Å²) >= 11 is 0.603. The number of nitro groups is 1. The maximum Gasteiger partial charge on any atom is 0.416 e. The Bertz CT molecular complexity index is 1000. The molecule has 144 valence electrons. The van der Waals surface area contributed by atoms with Crippen LogP contribution in [0.15, 0.2) is 53.4 Å². The molecule has 0 spiro atoms. The number of thioether (sulfide) groups is 1. The molecule has 0 bridgehead atoms. The van der Waals surface area contributed by atoms with E-state index >= 15 is 0 Å². The van der Waals surface area contributed by atoms with E-state index in [0.29, 0.717) is 17.3 Å². The van der Waals surface area contributed by atoms with Crippen molar-refractivity contribution in [3.8, 4) is 0 Å². The van der Waals surface area contributed by atoms with Gasteiger partial charge in [0.25, 0.3) is 16.8 Å². The van der Waals surface area contributed by atoms with Crippen LogP contribution in [0.2, 0.25) is 0 Å². The summed E-state index contributed by atoms with van der Waals surface area (Å²) < 4.78 is 38.4. The summed E-state index contributed by atoms with van der Waals surface area (Å²) in [6.07, 6.45) is -3.31. The van der Waals surface area contributed by atoms with Gasteiger partial charge in [0.1, 0.15) is 0 Å². The molecule has 0 atom stereocenters. The lowest BCUT2D eigenvalue weighted by molar-refractivity contribution is -0.384. The molecule has 1 saturated heterocycles. The number of non-ortho nitro benzene ring substituents is 1. The number of alkyl halides is 3. The summed E-state index contributed by atoms with van der Waals surface area (Å²) in [5, 5.41) is 10.2. The van der Waals surface area contributed by atoms with Crippen molar-refractivity contribution in [2.45, 2.75) is 12.7 Å². The van der Waals surface area contributed by atoms with Gasteiger partial charge < -0.3 is 0 Å². The van der Waals surface area contributed by atoms with Crippen molar-refractivity contribution in [3.63, 3.8) is 0 Å². The van der Waals surface area contributed by atoms with E-state index in [-0.39, 0.29) is 22.7 Å². The number of benzene rings is 2. The van der Waals surface area contributed by atoms with Crippen LogP contribution in [0.5, 0.6) is 0 Å². The van der Waals surface area contributed by atoms with Gasteiger partial charge in [0.2, 0.25) is 0 Å².